The smallest absolute Gasteiger partial charge is 0.228 e. The second-order valence-electron chi connectivity index (χ2n) is 5.62. The molecule has 112 valence electrons. The first-order chi connectivity index (χ1) is 9.60. The average Bonchev–Trinajstić information content (AvgIpc) is 3.05. The number of carbonyl (C=O) groups is 1. The maximum absolute atomic E-state index is 12.3. The summed E-state index contributed by atoms with van der Waals surface area (Å²) < 4.78 is 10.5. The van der Waals surface area contributed by atoms with E-state index in [0.29, 0.717) is 43.9 Å². The SMILES string of the molecule is CCN(Cc1noc(CC(C)C)n1)C(=O)[C@@H]1CCOC1. The van der Waals surface area contributed by atoms with Crippen molar-refractivity contribution in [3.8, 4) is 0 Å². The normalized spacial score (nSPS) is 18.7. The summed E-state index contributed by atoms with van der Waals surface area (Å²) in [6.45, 7) is 8.42. The van der Waals surface area contributed by atoms with Crippen LogP contribution in [0.25, 0.3) is 0 Å². The monoisotopic (exact) mass is 281 g/mol. The summed E-state index contributed by atoms with van der Waals surface area (Å²) in [5.41, 5.74) is 0. The maximum atomic E-state index is 12.3. The van der Waals surface area contributed by atoms with E-state index in [9.17, 15) is 4.79 Å². The largest absolute Gasteiger partial charge is 0.381 e. The number of aromatic nitrogens is 2. The first-order valence-electron chi connectivity index (χ1n) is 7.28. The molecule has 1 atom stereocenters. The molecule has 2 rings (SSSR count). The predicted octanol–water partition coefficient (Wildman–Crippen LogP) is 1.65. The fourth-order valence-electron chi connectivity index (χ4n) is 2.29. The van der Waals surface area contributed by atoms with Crippen molar-refractivity contribution in [2.24, 2.45) is 11.8 Å². The quantitative estimate of drug-likeness (QED) is 0.793. The highest BCUT2D eigenvalue weighted by molar-refractivity contribution is 5.79. The molecule has 1 aliphatic rings. The van der Waals surface area contributed by atoms with Crippen LogP contribution in [0.3, 0.4) is 0 Å². The third-order valence-corrected chi connectivity index (χ3v) is 3.40. The van der Waals surface area contributed by atoms with E-state index in [1.165, 1.54) is 0 Å². The average molecular weight is 281 g/mol. The van der Waals surface area contributed by atoms with Crippen LogP contribution in [-0.2, 0) is 22.5 Å². The van der Waals surface area contributed by atoms with Crippen molar-refractivity contribution in [3.63, 3.8) is 0 Å². The lowest BCUT2D eigenvalue weighted by Gasteiger charge is -2.21. The molecular formula is C14H23N3O3. The van der Waals surface area contributed by atoms with Crippen LogP contribution in [-0.4, -0.2) is 40.7 Å². The second-order valence-corrected chi connectivity index (χ2v) is 5.62. The van der Waals surface area contributed by atoms with E-state index in [1.54, 1.807) is 4.90 Å². The van der Waals surface area contributed by atoms with Crippen LogP contribution < -0.4 is 0 Å². The van der Waals surface area contributed by atoms with Gasteiger partial charge in [0.25, 0.3) is 0 Å². The van der Waals surface area contributed by atoms with E-state index < -0.39 is 0 Å². The van der Waals surface area contributed by atoms with Crippen molar-refractivity contribution in [2.45, 2.75) is 40.2 Å². The van der Waals surface area contributed by atoms with E-state index in [4.69, 9.17) is 9.26 Å². The molecule has 1 aromatic rings. The van der Waals surface area contributed by atoms with Gasteiger partial charge in [-0.25, -0.2) is 0 Å². The molecule has 0 spiro atoms. The van der Waals surface area contributed by atoms with Crippen molar-refractivity contribution in [2.75, 3.05) is 19.8 Å². The maximum Gasteiger partial charge on any atom is 0.228 e. The summed E-state index contributed by atoms with van der Waals surface area (Å²) in [5, 5.41) is 3.95. The minimum absolute atomic E-state index is 0.0167. The molecule has 0 bridgehead atoms. The lowest BCUT2D eigenvalue weighted by atomic mass is 10.1. The Bertz CT molecular complexity index is 439. The Morgan fingerprint density at radius 2 is 2.30 bits per heavy atom. The van der Waals surface area contributed by atoms with Crippen LogP contribution in [0.1, 0.15) is 38.9 Å². The number of carbonyl (C=O) groups excluding carboxylic acids is 1. The van der Waals surface area contributed by atoms with Gasteiger partial charge < -0.3 is 14.2 Å². The van der Waals surface area contributed by atoms with E-state index in [0.717, 1.165) is 12.8 Å². The molecule has 2 heterocycles. The highest BCUT2D eigenvalue weighted by atomic mass is 16.5. The topological polar surface area (TPSA) is 68.5 Å². The molecule has 0 radical (unpaired) electrons. The second kappa shape index (κ2) is 6.83. The molecule has 1 amide bonds. The Labute approximate surface area is 119 Å². The lowest BCUT2D eigenvalue weighted by molar-refractivity contribution is -0.136. The molecule has 0 saturated carbocycles. The summed E-state index contributed by atoms with van der Waals surface area (Å²) in [5.74, 6) is 1.80. The van der Waals surface area contributed by atoms with Gasteiger partial charge in [-0.3, -0.25) is 4.79 Å². The molecule has 0 aliphatic carbocycles. The van der Waals surface area contributed by atoms with Crippen LogP contribution in [0, 0.1) is 11.8 Å². The number of hydrogen-bond donors (Lipinski definition) is 0. The van der Waals surface area contributed by atoms with E-state index in [2.05, 4.69) is 24.0 Å². The zero-order valence-corrected chi connectivity index (χ0v) is 12.5. The molecule has 0 aromatic carbocycles. The summed E-state index contributed by atoms with van der Waals surface area (Å²) in [4.78, 5) is 18.4. The van der Waals surface area contributed by atoms with Crippen molar-refractivity contribution in [1.82, 2.24) is 15.0 Å². The van der Waals surface area contributed by atoms with Crippen molar-refractivity contribution in [3.05, 3.63) is 11.7 Å². The summed E-state index contributed by atoms with van der Waals surface area (Å²) in [7, 11) is 0. The van der Waals surface area contributed by atoms with Gasteiger partial charge >= 0.3 is 0 Å². The van der Waals surface area contributed by atoms with Crippen LogP contribution in [0.4, 0.5) is 0 Å². The minimum Gasteiger partial charge on any atom is -0.381 e. The van der Waals surface area contributed by atoms with Crippen LogP contribution in [0.5, 0.6) is 0 Å². The van der Waals surface area contributed by atoms with Gasteiger partial charge in [0.1, 0.15) is 0 Å². The van der Waals surface area contributed by atoms with E-state index >= 15 is 0 Å². The minimum atomic E-state index is -0.0167. The van der Waals surface area contributed by atoms with Crippen LogP contribution in [0.2, 0.25) is 0 Å². The molecule has 0 unspecified atom stereocenters. The van der Waals surface area contributed by atoms with Gasteiger partial charge in [-0.2, -0.15) is 4.98 Å². The molecular weight excluding hydrogens is 258 g/mol. The van der Waals surface area contributed by atoms with Gasteiger partial charge in [-0.15, -0.1) is 0 Å². The fraction of sp³-hybridized carbons (Fsp3) is 0.786. The molecule has 6 heteroatoms. The van der Waals surface area contributed by atoms with Gasteiger partial charge in [0.15, 0.2) is 5.82 Å². The fourth-order valence-corrected chi connectivity index (χ4v) is 2.29. The van der Waals surface area contributed by atoms with Gasteiger partial charge in [-0.05, 0) is 19.3 Å². The zero-order chi connectivity index (χ0) is 14.5. The third-order valence-electron chi connectivity index (χ3n) is 3.40. The molecule has 1 aromatic heterocycles. The van der Waals surface area contributed by atoms with Crippen LogP contribution in [0.15, 0.2) is 4.52 Å². The zero-order valence-electron chi connectivity index (χ0n) is 12.5. The Morgan fingerprint density at radius 1 is 1.50 bits per heavy atom. The number of amides is 1. The highest BCUT2D eigenvalue weighted by Crippen LogP contribution is 2.17. The molecule has 1 aliphatic heterocycles. The van der Waals surface area contributed by atoms with Crippen molar-refractivity contribution < 1.29 is 14.1 Å². The standard InChI is InChI=1S/C14H23N3O3/c1-4-17(14(18)11-5-6-19-9-11)8-12-15-13(20-16-12)7-10(2)3/h10-11H,4-9H2,1-3H3/t11-/m1/s1. The van der Waals surface area contributed by atoms with Gasteiger partial charge in [0.2, 0.25) is 11.8 Å². The molecule has 1 saturated heterocycles. The first kappa shape index (κ1) is 15.0. The van der Waals surface area contributed by atoms with Gasteiger partial charge in [0.05, 0.1) is 19.1 Å². The van der Waals surface area contributed by atoms with Crippen LogP contribution >= 0.6 is 0 Å². The third kappa shape index (κ3) is 3.79. The molecule has 1 fully saturated rings. The molecule has 6 nitrogen and oxygen atoms in total. The first-order valence-corrected chi connectivity index (χ1v) is 7.28. The number of hydrogen-bond acceptors (Lipinski definition) is 5. The lowest BCUT2D eigenvalue weighted by Crippen LogP contribution is -2.36. The van der Waals surface area contributed by atoms with Gasteiger partial charge in [-0.1, -0.05) is 19.0 Å². The summed E-state index contributed by atoms with van der Waals surface area (Å²) >= 11 is 0. The predicted molar refractivity (Wildman–Crippen MR) is 72.9 cm³/mol. The van der Waals surface area contributed by atoms with Crippen molar-refractivity contribution in [1.29, 1.82) is 0 Å². The Balaban J connectivity index is 1.95. The molecule has 0 N–H and O–H groups in total. The Kier molecular flexibility index (Phi) is 5.11. The van der Waals surface area contributed by atoms with E-state index in [-0.39, 0.29) is 11.8 Å². The highest BCUT2D eigenvalue weighted by Gasteiger charge is 2.28. The Hall–Kier alpha value is -1.43. The van der Waals surface area contributed by atoms with E-state index in [1.807, 2.05) is 6.92 Å². The van der Waals surface area contributed by atoms with Gasteiger partial charge in [0, 0.05) is 19.6 Å². The summed E-state index contributed by atoms with van der Waals surface area (Å²) in [6, 6.07) is 0. The van der Waals surface area contributed by atoms with Crippen molar-refractivity contribution >= 4 is 5.91 Å². The number of nitrogens with zero attached hydrogens (tertiary/aromatic N) is 3. The number of rotatable bonds is 6. The summed E-state index contributed by atoms with van der Waals surface area (Å²) in [6.07, 6.45) is 1.57. The molecule has 20 heavy (non-hydrogen) atoms. The Morgan fingerprint density at radius 3 is 2.90 bits per heavy atom. The number of ether oxygens (including phenoxy) is 1.